The van der Waals surface area contributed by atoms with Crippen LogP contribution < -0.4 is 11.4 Å². The van der Waals surface area contributed by atoms with Crippen molar-refractivity contribution in [2.45, 2.75) is 6.92 Å². The lowest BCUT2D eigenvalue weighted by molar-refractivity contribution is 0.0951. The van der Waals surface area contributed by atoms with Gasteiger partial charge in [0.2, 0.25) is 0 Å². The molecule has 0 aliphatic heterocycles. The maximum absolute atomic E-state index is 12.6. The number of hydrogen-bond acceptors (Lipinski definition) is 4. The van der Waals surface area contributed by atoms with Crippen LogP contribution >= 0.6 is 15.9 Å². The Bertz CT molecular complexity index is 999. The molecule has 1 aromatic heterocycles. The number of benzene rings is 2. The first-order chi connectivity index (χ1) is 10.5. The number of aromatic nitrogens is 1. The standard InChI is InChI=1S/C16H10BrNO4/c1-9-2-4-10(5-3-9)14(19)18-13-7-6-11(17)8-12(13)15(20)22-16(18)21/h2-8H,1H3. The van der Waals surface area contributed by atoms with Crippen LogP contribution in [0.5, 0.6) is 0 Å². The van der Waals surface area contributed by atoms with Crippen LogP contribution in [-0.4, -0.2) is 10.5 Å². The molecule has 2 aromatic carbocycles. The van der Waals surface area contributed by atoms with Crippen LogP contribution in [0.4, 0.5) is 0 Å². The Balaban J connectivity index is 2.31. The molecule has 3 aromatic rings. The van der Waals surface area contributed by atoms with Crippen molar-refractivity contribution in [1.29, 1.82) is 0 Å². The van der Waals surface area contributed by atoms with E-state index in [0.717, 1.165) is 10.1 Å². The molecular weight excluding hydrogens is 350 g/mol. The third kappa shape index (κ3) is 2.42. The molecule has 1 heterocycles. The summed E-state index contributed by atoms with van der Waals surface area (Å²) in [7, 11) is 0. The molecule has 0 fully saturated rings. The second kappa shape index (κ2) is 5.38. The molecule has 0 aliphatic rings. The quantitative estimate of drug-likeness (QED) is 0.669. The van der Waals surface area contributed by atoms with E-state index in [2.05, 4.69) is 20.3 Å². The lowest BCUT2D eigenvalue weighted by atomic mass is 10.1. The fraction of sp³-hybridized carbons (Fsp3) is 0.0625. The lowest BCUT2D eigenvalue weighted by Gasteiger charge is -2.07. The predicted octanol–water partition coefficient (Wildman–Crippen LogP) is 2.71. The van der Waals surface area contributed by atoms with Crippen molar-refractivity contribution in [3.05, 3.63) is 79.0 Å². The van der Waals surface area contributed by atoms with E-state index in [0.29, 0.717) is 10.0 Å². The zero-order valence-corrected chi connectivity index (χ0v) is 13.1. The number of carbonyl (C=O) groups is 1. The molecule has 0 radical (unpaired) electrons. The Morgan fingerprint density at radius 2 is 1.77 bits per heavy atom. The average Bonchev–Trinajstić information content (AvgIpc) is 2.48. The Morgan fingerprint density at radius 1 is 1.09 bits per heavy atom. The molecule has 0 N–H and O–H groups in total. The van der Waals surface area contributed by atoms with Crippen molar-refractivity contribution in [1.82, 2.24) is 4.57 Å². The van der Waals surface area contributed by atoms with Gasteiger partial charge in [-0.05, 0) is 37.3 Å². The largest absolute Gasteiger partial charge is 0.429 e. The number of fused-ring (bicyclic) bond motifs is 1. The molecule has 0 saturated heterocycles. The third-order valence-corrected chi connectivity index (χ3v) is 3.78. The van der Waals surface area contributed by atoms with Gasteiger partial charge in [0.1, 0.15) is 0 Å². The fourth-order valence-electron chi connectivity index (χ4n) is 2.16. The molecule has 22 heavy (non-hydrogen) atoms. The van der Waals surface area contributed by atoms with Gasteiger partial charge in [-0.25, -0.2) is 14.2 Å². The third-order valence-electron chi connectivity index (χ3n) is 3.28. The highest BCUT2D eigenvalue weighted by Gasteiger charge is 2.17. The SMILES string of the molecule is Cc1ccc(C(=O)n2c(=O)oc(=O)c3cc(Br)ccc32)cc1. The Labute approximate surface area is 132 Å². The smallest absolute Gasteiger partial charge is 0.372 e. The maximum atomic E-state index is 12.6. The molecule has 0 aliphatic carbocycles. The number of rotatable bonds is 1. The summed E-state index contributed by atoms with van der Waals surface area (Å²) >= 11 is 3.25. The van der Waals surface area contributed by atoms with Gasteiger partial charge in [-0.3, -0.25) is 4.79 Å². The minimum absolute atomic E-state index is 0.162. The summed E-state index contributed by atoms with van der Waals surface area (Å²) in [4.78, 5) is 36.4. The predicted molar refractivity (Wildman–Crippen MR) is 85.4 cm³/mol. The Morgan fingerprint density at radius 3 is 2.45 bits per heavy atom. The first kappa shape index (κ1) is 14.5. The van der Waals surface area contributed by atoms with Gasteiger partial charge in [0.25, 0.3) is 5.91 Å². The number of carbonyl (C=O) groups excluding carboxylic acids is 1. The van der Waals surface area contributed by atoms with Crippen LogP contribution in [0.15, 0.2) is 60.9 Å². The zero-order chi connectivity index (χ0) is 15.9. The van der Waals surface area contributed by atoms with Crippen LogP contribution in [0.25, 0.3) is 10.9 Å². The monoisotopic (exact) mass is 359 g/mol. The van der Waals surface area contributed by atoms with Gasteiger partial charge < -0.3 is 4.42 Å². The first-order valence-electron chi connectivity index (χ1n) is 6.44. The Kier molecular flexibility index (Phi) is 3.54. The number of hydrogen-bond donors (Lipinski definition) is 0. The van der Waals surface area contributed by atoms with E-state index in [1.807, 2.05) is 6.92 Å². The van der Waals surface area contributed by atoms with E-state index in [1.54, 1.807) is 30.3 Å². The van der Waals surface area contributed by atoms with Crippen molar-refractivity contribution in [3.8, 4) is 0 Å². The molecule has 0 saturated carbocycles. The second-order valence-corrected chi connectivity index (χ2v) is 5.74. The zero-order valence-electron chi connectivity index (χ0n) is 11.5. The molecule has 0 atom stereocenters. The lowest BCUT2D eigenvalue weighted by Crippen LogP contribution is -2.30. The molecule has 0 unspecified atom stereocenters. The van der Waals surface area contributed by atoms with Crippen molar-refractivity contribution in [2.75, 3.05) is 0 Å². The van der Waals surface area contributed by atoms with Gasteiger partial charge >= 0.3 is 11.4 Å². The van der Waals surface area contributed by atoms with Crippen molar-refractivity contribution < 1.29 is 9.21 Å². The van der Waals surface area contributed by atoms with Gasteiger partial charge in [0.15, 0.2) is 0 Å². The molecule has 0 bridgehead atoms. The van der Waals surface area contributed by atoms with Crippen LogP contribution in [0, 0.1) is 6.92 Å². The van der Waals surface area contributed by atoms with E-state index in [4.69, 9.17) is 0 Å². The fourth-order valence-corrected chi connectivity index (χ4v) is 2.52. The molecule has 5 nitrogen and oxygen atoms in total. The van der Waals surface area contributed by atoms with Crippen LogP contribution in [-0.2, 0) is 0 Å². The van der Waals surface area contributed by atoms with E-state index < -0.39 is 17.3 Å². The summed E-state index contributed by atoms with van der Waals surface area (Å²) in [5, 5.41) is 0.162. The highest BCUT2D eigenvalue weighted by molar-refractivity contribution is 9.10. The van der Waals surface area contributed by atoms with Crippen molar-refractivity contribution in [2.24, 2.45) is 0 Å². The minimum Gasteiger partial charge on any atom is -0.372 e. The molecular formula is C16H10BrNO4. The number of halogens is 1. The van der Waals surface area contributed by atoms with Crippen molar-refractivity contribution in [3.63, 3.8) is 0 Å². The normalized spacial score (nSPS) is 10.8. The summed E-state index contributed by atoms with van der Waals surface area (Å²) in [6.45, 7) is 1.90. The van der Waals surface area contributed by atoms with E-state index in [9.17, 15) is 14.4 Å². The van der Waals surface area contributed by atoms with Crippen LogP contribution in [0.1, 0.15) is 15.9 Å². The molecule has 110 valence electrons. The first-order valence-corrected chi connectivity index (χ1v) is 7.23. The molecule has 3 rings (SSSR count). The summed E-state index contributed by atoms with van der Waals surface area (Å²) in [6.07, 6.45) is 0. The summed E-state index contributed by atoms with van der Waals surface area (Å²) in [5.41, 5.74) is 0.785. The molecule has 0 amide bonds. The van der Waals surface area contributed by atoms with E-state index >= 15 is 0 Å². The van der Waals surface area contributed by atoms with Crippen LogP contribution in [0.3, 0.4) is 0 Å². The highest BCUT2D eigenvalue weighted by Crippen LogP contribution is 2.17. The highest BCUT2D eigenvalue weighted by atomic mass is 79.9. The van der Waals surface area contributed by atoms with Gasteiger partial charge in [-0.1, -0.05) is 33.6 Å². The van der Waals surface area contributed by atoms with Gasteiger partial charge in [0, 0.05) is 10.0 Å². The van der Waals surface area contributed by atoms with Gasteiger partial charge in [-0.15, -0.1) is 0 Å². The number of nitrogens with zero attached hydrogens (tertiary/aromatic N) is 1. The summed E-state index contributed by atoms with van der Waals surface area (Å²) < 4.78 is 6.17. The Hall–Kier alpha value is -2.47. The van der Waals surface area contributed by atoms with E-state index in [-0.39, 0.29) is 10.9 Å². The molecule has 6 heteroatoms. The summed E-state index contributed by atoms with van der Waals surface area (Å²) in [6, 6.07) is 11.5. The number of aryl methyl sites for hydroxylation is 1. The summed E-state index contributed by atoms with van der Waals surface area (Å²) in [5.74, 6) is -1.54. The average molecular weight is 360 g/mol. The minimum atomic E-state index is -0.995. The van der Waals surface area contributed by atoms with Gasteiger partial charge in [0.05, 0.1) is 10.9 Å². The van der Waals surface area contributed by atoms with E-state index in [1.165, 1.54) is 12.1 Å². The maximum Gasteiger partial charge on any atom is 0.429 e. The second-order valence-electron chi connectivity index (χ2n) is 4.82. The topological polar surface area (TPSA) is 69.3 Å². The molecule has 0 spiro atoms. The van der Waals surface area contributed by atoms with Gasteiger partial charge in [-0.2, -0.15) is 0 Å². The van der Waals surface area contributed by atoms with Crippen molar-refractivity contribution >= 4 is 32.7 Å². The van der Waals surface area contributed by atoms with Crippen LogP contribution in [0.2, 0.25) is 0 Å².